The maximum atomic E-state index is 13.3. The number of nitrogens with one attached hydrogen (secondary N) is 1. The lowest BCUT2D eigenvalue weighted by molar-refractivity contribution is -0.170. The summed E-state index contributed by atoms with van der Waals surface area (Å²) in [5, 5.41) is 31.5. The molecule has 4 rings (SSSR count). The van der Waals surface area contributed by atoms with E-state index in [1.165, 1.54) is 5.57 Å². The summed E-state index contributed by atoms with van der Waals surface area (Å²) < 4.78 is 5.10. The number of carbonyl (C=O) groups excluding carboxylic acids is 4. The van der Waals surface area contributed by atoms with Crippen molar-refractivity contribution in [1.29, 1.82) is 0 Å². The Morgan fingerprint density at radius 1 is 1.00 bits per heavy atom. The number of hydrogen-bond donors (Lipinski definition) is 4. The molecule has 4 aliphatic rings. The van der Waals surface area contributed by atoms with Gasteiger partial charge in [-0.05, 0) is 74.2 Å². The van der Waals surface area contributed by atoms with Crippen LogP contribution in [0.5, 0.6) is 0 Å². The average molecular weight is 562 g/mol. The Kier molecular flexibility index (Phi) is 8.27. The van der Waals surface area contributed by atoms with E-state index in [0.29, 0.717) is 31.1 Å². The van der Waals surface area contributed by atoms with Crippen LogP contribution in [0.1, 0.15) is 84.5 Å². The van der Waals surface area contributed by atoms with Gasteiger partial charge in [0.1, 0.15) is 11.6 Å². The van der Waals surface area contributed by atoms with E-state index in [2.05, 4.69) is 6.92 Å². The van der Waals surface area contributed by atoms with Crippen molar-refractivity contribution in [3.05, 3.63) is 11.6 Å². The molecule has 40 heavy (non-hydrogen) atoms. The quantitative estimate of drug-likeness (QED) is 0.288. The molecule has 0 spiro atoms. The monoisotopic (exact) mass is 561 g/mol. The van der Waals surface area contributed by atoms with E-state index in [-0.39, 0.29) is 23.5 Å². The van der Waals surface area contributed by atoms with Gasteiger partial charge in [0.25, 0.3) is 0 Å². The summed E-state index contributed by atoms with van der Waals surface area (Å²) in [4.78, 5) is 71.4. The molecular formula is C29H39NO10. The van der Waals surface area contributed by atoms with Crippen molar-refractivity contribution in [1.82, 2.24) is 5.32 Å². The number of ketones is 2. The van der Waals surface area contributed by atoms with E-state index >= 15 is 0 Å². The van der Waals surface area contributed by atoms with Crippen LogP contribution in [0.2, 0.25) is 0 Å². The van der Waals surface area contributed by atoms with Crippen molar-refractivity contribution in [2.45, 2.75) is 96.1 Å². The molecule has 0 bridgehead atoms. The Morgan fingerprint density at radius 3 is 2.38 bits per heavy atom. The highest BCUT2D eigenvalue weighted by molar-refractivity contribution is 5.92. The fourth-order valence-corrected chi connectivity index (χ4v) is 8.23. The number of ether oxygens (including phenoxy) is 1. The third-order valence-electron chi connectivity index (χ3n) is 10.5. The Morgan fingerprint density at radius 2 is 1.70 bits per heavy atom. The van der Waals surface area contributed by atoms with Crippen LogP contribution in [0.25, 0.3) is 0 Å². The first-order valence-electron chi connectivity index (χ1n) is 14.1. The molecule has 0 aromatic rings. The number of Topliss-reactive ketones (excluding diaryl/α,β-unsaturated/α-hetero) is 1. The summed E-state index contributed by atoms with van der Waals surface area (Å²) >= 11 is 0. The minimum Gasteiger partial charge on any atom is -0.481 e. The summed E-state index contributed by atoms with van der Waals surface area (Å²) in [5.74, 6) is -4.08. The molecule has 3 fully saturated rings. The number of rotatable bonds is 10. The number of esters is 1. The molecule has 4 N–H and O–H groups in total. The largest absolute Gasteiger partial charge is 0.481 e. The molecule has 0 aliphatic heterocycles. The Hall–Kier alpha value is -3.08. The predicted molar refractivity (Wildman–Crippen MR) is 139 cm³/mol. The lowest BCUT2D eigenvalue weighted by atomic mass is 9.46. The van der Waals surface area contributed by atoms with Crippen LogP contribution >= 0.6 is 0 Å². The van der Waals surface area contributed by atoms with Gasteiger partial charge in [-0.15, -0.1) is 0 Å². The summed E-state index contributed by atoms with van der Waals surface area (Å²) in [7, 11) is 0. The summed E-state index contributed by atoms with van der Waals surface area (Å²) in [6.45, 7) is 3.61. The lowest BCUT2D eigenvalue weighted by Crippen LogP contribution is -2.58. The number of carboxylic acid groups (broad SMARTS) is 2. The maximum Gasteiger partial charge on any atom is 0.326 e. The Labute approximate surface area is 232 Å². The molecule has 0 radical (unpaired) electrons. The Balaban J connectivity index is 1.33. The van der Waals surface area contributed by atoms with E-state index in [1.807, 2.05) is 18.3 Å². The number of hydrogen-bond acceptors (Lipinski definition) is 8. The highest BCUT2D eigenvalue weighted by Crippen LogP contribution is 2.67. The zero-order valence-electron chi connectivity index (χ0n) is 23.1. The fourth-order valence-electron chi connectivity index (χ4n) is 8.23. The molecule has 11 heteroatoms. The SMILES string of the molecule is C[C@]12CC[C@@H]3[C@H](CCC4=CC(=O)CC[C@]43C)[C@@H]1CC[C@@]2(O)C(=O)COC(=O)CCC(=O)N[C@@H](CC(=O)O)C(=O)O. The van der Waals surface area contributed by atoms with E-state index in [0.717, 1.165) is 25.7 Å². The zero-order valence-corrected chi connectivity index (χ0v) is 23.1. The normalized spacial score (nSPS) is 35.3. The number of aliphatic carboxylic acids is 2. The number of aliphatic hydroxyl groups is 1. The number of allylic oxidation sites excluding steroid dienone is 1. The third-order valence-corrected chi connectivity index (χ3v) is 10.5. The molecular weight excluding hydrogens is 522 g/mol. The number of carbonyl (C=O) groups is 6. The average Bonchev–Trinajstić information content (AvgIpc) is 3.17. The van der Waals surface area contributed by atoms with E-state index in [1.54, 1.807) is 0 Å². The van der Waals surface area contributed by atoms with Crippen molar-refractivity contribution >= 4 is 35.4 Å². The molecule has 0 aromatic heterocycles. The first-order chi connectivity index (χ1) is 18.7. The van der Waals surface area contributed by atoms with E-state index < -0.39 is 72.5 Å². The van der Waals surface area contributed by atoms with Gasteiger partial charge in [0.2, 0.25) is 11.7 Å². The molecule has 0 unspecified atom stereocenters. The first kappa shape index (κ1) is 29.9. The topological polar surface area (TPSA) is 184 Å². The minimum absolute atomic E-state index is 0.0250. The highest BCUT2D eigenvalue weighted by atomic mass is 16.5. The van der Waals surface area contributed by atoms with Crippen molar-refractivity contribution in [2.24, 2.45) is 28.6 Å². The van der Waals surface area contributed by atoms with Crippen LogP contribution in [0.4, 0.5) is 0 Å². The standard InChI is InChI=1S/C29H39NO10/c1-27-10-7-17(31)13-16(27)3-4-18-19(27)8-11-28(2)20(18)9-12-29(28,39)22(32)15-40-25(36)6-5-23(33)30-21(26(37)38)14-24(34)35/h13,18-21,39H,3-12,14-15H2,1-2H3,(H,30,33)(H,34,35)(H,37,38)/t18-,19+,20-,21-,27+,28-,29+/m0/s1. The van der Waals surface area contributed by atoms with Crippen LogP contribution in [0, 0.1) is 28.6 Å². The molecule has 3 saturated carbocycles. The van der Waals surface area contributed by atoms with Crippen LogP contribution in [0.3, 0.4) is 0 Å². The van der Waals surface area contributed by atoms with Gasteiger partial charge in [-0.1, -0.05) is 19.4 Å². The number of carboxylic acids is 2. The van der Waals surface area contributed by atoms with E-state index in [4.69, 9.17) is 14.9 Å². The molecule has 11 nitrogen and oxygen atoms in total. The smallest absolute Gasteiger partial charge is 0.326 e. The second-order valence-electron chi connectivity index (χ2n) is 12.5. The molecule has 1 amide bonds. The molecule has 0 aromatic carbocycles. The maximum absolute atomic E-state index is 13.3. The van der Waals surface area contributed by atoms with Gasteiger partial charge >= 0.3 is 17.9 Å². The van der Waals surface area contributed by atoms with Gasteiger partial charge in [-0.2, -0.15) is 0 Å². The van der Waals surface area contributed by atoms with Crippen LogP contribution < -0.4 is 5.32 Å². The van der Waals surface area contributed by atoms with Crippen LogP contribution in [0.15, 0.2) is 11.6 Å². The van der Waals surface area contributed by atoms with E-state index in [9.17, 15) is 33.9 Å². The van der Waals surface area contributed by atoms with Gasteiger partial charge in [-0.3, -0.25) is 24.0 Å². The summed E-state index contributed by atoms with van der Waals surface area (Å²) in [6, 6.07) is -1.63. The van der Waals surface area contributed by atoms with Gasteiger partial charge in [-0.25, -0.2) is 4.79 Å². The second-order valence-corrected chi connectivity index (χ2v) is 12.5. The summed E-state index contributed by atoms with van der Waals surface area (Å²) in [5.41, 5.74) is -1.07. The zero-order chi connectivity index (χ0) is 29.5. The van der Waals surface area contributed by atoms with Gasteiger partial charge < -0.3 is 25.4 Å². The van der Waals surface area contributed by atoms with Crippen LogP contribution in [-0.4, -0.2) is 69.0 Å². The third kappa shape index (κ3) is 5.32. The van der Waals surface area contributed by atoms with Crippen molar-refractivity contribution in [2.75, 3.05) is 6.61 Å². The lowest BCUT2D eigenvalue weighted by Gasteiger charge is -2.58. The fraction of sp³-hybridized carbons (Fsp3) is 0.724. The molecule has 220 valence electrons. The second kappa shape index (κ2) is 11.1. The molecule has 4 aliphatic carbocycles. The number of amides is 1. The van der Waals surface area contributed by atoms with Crippen LogP contribution in [-0.2, 0) is 33.5 Å². The van der Waals surface area contributed by atoms with Gasteiger partial charge in [0.15, 0.2) is 12.4 Å². The highest BCUT2D eigenvalue weighted by Gasteiger charge is 2.66. The van der Waals surface area contributed by atoms with Crippen molar-refractivity contribution in [3.63, 3.8) is 0 Å². The van der Waals surface area contributed by atoms with Gasteiger partial charge in [0, 0.05) is 18.3 Å². The molecule has 7 atom stereocenters. The molecule has 0 heterocycles. The Bertz CT molecular complexity index is 1150. The van der Waals surface area contributed by atoms with Crippen molar-refractivity contribution < 1.29 is 48.8 Å². The number of fused-ring (bicyclic) bond motifs is 5. The molecule has 0 saturated heterocycles. The minimum atomic E-state index is -1.63. The van der Waals surface area contributed by atoms with Gasteiger partial charge in [0.05, 0.1) is 12.8 Å². The van der Waals surface area contributed by atoms with Crippen molar-refractivity contribution in [3.8, 4) is 0 Å². The predicted octanol–water partition coefficient (Wildman–Crippen LogP) is 2.19. The summed E-state index contributed by atoms with van der Waals surface area (Å²) in [6.07, 6.45) is 5.85. The first-order valence-corrected chi connectivity index (χ1v) is 14.1.